The topological polar surface area (TPSA) is 0 Å². The minimum absolute atomic E-state index is 0.545. The summed E-state index contributed by atoms with van der Waals surface area (Å²) in [6, 6.07) is 0. The Kier molecular flexibility index (Phi) is 1.90. The van der Waals surface area contributed by atoms with E-state index in [4.69, 9.17) is 0 Å². The zero-order valence-electron chi connectivity index (χ0n) is 5.06. The first-order chi connectivity index (χ1) is 3.93. The molecule has 0 amide bonds. The first kappa shape index (κ1) is 5.61. The van der Waals surface area contributed by atoms with E-state index >= 15 is 0 Å². The second-order valence-corrected chi connectivity index (χ2v) is 2.17. The highest BCUT2D eigenvalue weighted by molar-refractivity contribution is 4.96. The van der Waals surface area contributed by atoms with Gasteiger partial charge in [-0.2, -0.15) is 0 Å². The van der Waals surface area contributed by atoms with Crippen LogP contribution in [0, 0.1) is 12.0 Å². The van der Waals surface area contributed by atoms with Gasteiger partial charge >= 0.3 is 0 Å². The van der Waals surface area contributed by atoms with E-state index in [9.17, 15) is 0 Å². The molecule has 1 unspecified atom stereocenters. The van der Waals surface area contributed by atoms with Gasteiger partial charge in [-0.15, -0.1) is 0 Å². The third-order valence-electron chi connectivity index (χ3n) is 1.52. The van der Waals surface area contributed by atoms with Gasteiger partial charge in [0.05, 0.1) is 0 Å². The molecule has 0 nitrogen and oxygen atoms in total. The molecule has 0 heteroatoms. The van der Waals surface area contributed by atoms with Crippen LogP contribution in [-0.4, -0.2) is 0 Å². The lowest BCUT2D eigenvalue weighted by Crippen LogP contribution is -1.95. The summed E-state index contributed by atoms with van der Waals surface area (Å²) in [4.78, 5) is 0. The summed E-state index contributed by atoms with van der Waals surface area (Å²) in [6.07, 6.45) is 11.2. The molecule has 0 fully saturated rings. The smallest absolute Gasteiger partial charge is 0.00149 e. The number of allylic oxidation sites excluding steroid dienone is 3. The maximum absolute atomic E-state index is 3.61. The van der Waals surface area contributed by atoms with Gasteiger partial charge in [0.1, 0.15) is 0 Å². The van der Waals surface area contributed by atoms with Crippen LogP contribution in [0.15, 0.2) is 18.7 Å². The molecular formula is C8H11. The predicted molar refractivity (Wildman–Crippen MR) is 35.4 cm³/mol. The summed E-state index contributed by atoms with van der Waals surface area (Å²) in [5.41, 5.74) is 0. The van der Waals surface area contributed by atoms with E-state index in [1.165, 1.54) is 19.3 Å². The highest BCUT2D eigenvalue weighted by atomic mass is 14.1. The minimum atomic E-state index is 0.545. The third-order valence-corrected chi connectivity index (χ3v) is 1.52. The number of hydrogen-bond donors (Lipinski definition) is 0. The first-order valence-corrected chi connectivity index (χ1v) is 3.13. The molecule has 0 aliphatic heterocycles. The Hall–Kier alpha value is -0.520. The van der Waals surface area contributed by atoms with E-state index in [0.29, 0.717) is 5.92 Å². The quantitative estimate of drug-likeness (QED) is 0.451. The molecule has 0 bridgehead atoms. The summed E-state index contributed by atoms with van der Waals surface area (Å²) < 4.78 is 0. The molecule has 1 rings (SSSR count). The van der Waals surface area contributed by atoms with Crippen LogP contribution in [0.25, 0.3) is 0 Å². The van der Waals surface area contributed by atoms with E-state index in [1.807, 2.05) is 0 Å². The van der Waals surface area contributed by atoms with Gasteiger partial charge in [-0.05, 0) is 25.3 Å². The normalized spacial score (nSPS) is 27.8. The summed E-state index contributed by atoms with van der Waals surface area (Å²) in [5.74, 6) is 0.545. The second-order valence-electron chi connectivity index (χ2n) is 2.17. The van der Waals surface area contributed by atoms with Crippen LogP contribution in [0.1, 0.15) is 19.3 Å². The van der Waals surface area contributed by atoms with Crippen molar-refractivity contribution in [3.05, 3.63) is 24.8 Å². The van der Waals surface area contributed by atoms with E-state index in [0.717, 1.165) is 0 Å². The number of hydrogen-bond acceptors (Lipinski definition) is 0. The van der Waals surface area contributed by atoms with Crippen molar-refractivity contribution in [3.63, 3.8) is 0 Å². The monoisotopic (exact) mass is 107 g/mol. The van der Waals surface area contributed by atoms with Gasteiger partial charge in [0.15, 0.2) is 0 Å². The van der Waals surface area contributed by atoms with Crippen molar-refractivity contribution in [1.29, 1.82) is 0 Å². The molecule has 0 aromatic carbocycles. The van der Waals surface area contributed by atoms with Crippen molar-refractivity contribution < 1.29 is 0 Å². The maximum Gasteiger partial charge on any atom is 0.00149 e. The Morgan fingerprint density at radius 3 is 2.88 bits per heavy atom. The summed E-state index contributed by atoms with van der Waals surface area (Å²) in [7, 11) is 0. The lowest BCUT2D eigenvalue weighted by Gasteiger charge is -2.09. The van der Waals surface area contributed by atoms with Crippen LogP contribution in [0.2, 0.25) is 0 Å². The van der Waals surface area contributed by atoms with Gasteiger partial charge in [0.2, 0.25) is 0 Å². The number of rotatable bonds is 1. The van der Waals surface area contributed by atoms with Gasteiger partial charge in [0.25, 0.3) is 0 Å². The standard InChI is InChI=1S/C8H11/c1-2-8-6-4-3-5-7-8/h4,6,8H,1,3,5,7H2. The average Bonchev–Trinajstić information content (AvgIpc) is 1.90. The molecule has 8 heavy (non-hydrogen) atoms. The van der Waals surface area contributed by atoms with Crippen LogP contribution < -0.4 is 0 Å². The van der Waals surface area contributed by atoms with Crippen LogP contribution in [0.5, 0.6) is 0 Å². The van der Waals surface area contributed by atoms with E-state index in [1.54, 1.807) is 0 Å². The molecule has 0 aromatic heterocycles. The van der Waals surface area contributed by atoms with E-state index < -0.39 is 0 Å². The Labute approximate surface area is 50.9 Å². The Morgan fingerprint density at radius 2 is 2.50 bits per heavy atom. The van der Waals surface area contributed by atoms with Gasteiger partial charge in [-0.1, -0.05) is 18.7 Å². The van der Waals surface area contributed by atoms with Crippen LogP contribution >= 0.6 is 0 Å². The van der Waals surface area contributed by atoms with Gasteiger partial charge in [-0.3, -0.25) is 0 Å². The zero-order valence-corrected chi connectivity index (χ0v) is 5.06. The fraction of sp³-hybridized carbons (Fsp3) is 0.500. The highest BCUT2D eigenvalue weighted by Gasteiger charge is 2.01. The molecule has 0 heterocycles. The van der Waals surface area contributed by atoms with Gasteiger partial charge in [-0.25, -0.2) is 0 Å². The van der Waals surface area contributed by atoms with Crippen molar-refractivity contribution in [3.8, 4) is 0 Å². The van der Waals surface area contributed by atoms with Crippen LogP contribution in [0.3, 0.4) is 0 Å². The third kappa shape index (κ3) is 1.22. The Balaban J connectivity index is 2.42. The molecule has 43 valence electrons. The lowest BCUT2D eigenvalue weighted by atomic mass is 9.96. The summed E-state index contributed by atoms with van der Waals surface area (Å²) in [5, 5.41) is 0. The average molecular weight is 107 g/mol. The maximum atomic E-state index is 3.61. The molecule has 0 saturated heterocycles. The molecule has 0 N–H and O–H groups in total. The van der Waals surface area contributed by atoms with Crippen LogP contribution in [-0.2, 0) is 0 Å². The van der Waals surface area contributed by atoms with Gasteiger partial charge in [0, 0.05) is 5.92 Å². The van der Waals surface area contributed by atoms with Crippen molar-refractivity contribution in [2.45, 2.75) is 19.3 Å². The molecule has 1 radical (unpaired) electrons. The molecule has 1 atom stereocenters. The van der Waals surface area contributed by atoms with E-state index in [2.05, 4.69) is 24.8 Å². The van der Waals surface area contributed by atoms with Crippen molar-refractivity contribution in [2.75, 3.05) is 0 Å². The molecule has 0 aromatic rings. The summed E-state index contributed by atoms with van der Waals surface area (Å²) >= 11 is 0. The second kappa shape index (κ2) is 2.71. The van der Waals surface area contributed by atoms with Crippen molar-refractivity contribution in [1.82, 2.24) is 0 Å². The van der Waals surface area contributed by atoms with Crippen molar-refractivity contribution in [2.24, 2.45) is 5.92 Å². The summed E-state index contributed by atoms with van der Waals surface area (Å²) in [6.45, 7) is 3.61. The SMILES string of the molecule is C=[C]C1C=CCCC1. The highest BCUT2D eigenvalue weighted by Crippen LogP contribution is 2.16. The lowest BCUT2D eigenvalue weighted by molar-refractivity contribution is 0.620. The molecule has 0 saturated carbocycles. The largest absolute Gasteiger partial charge is 0.0950 e. The van der Waals surface area contributed by atoms with Gasteiger partial charge < -0.3 is 0 Å². The molecule has 1 aliphatic rings. The molecule has 1 aliphatic carbocycles. The fourth-order valence-electron chi connectivity index (χ4n) is 0.982. The molecule has 0 spiro atoms. The zero-order chi connectivity index (χ0) is 5.82. The molecular weight excluding hydrogens is 96.1 g/mol. The predicted octanol–water partition coefficient (Wildman–Crippen LogP) is 2.33. The Morgan fingerprint density at radius 1 is 1.62 bits per heavy atom. The van der Waals surface area contributed by atoms with Crippen molar-refractivity contribution >= 4 is 0 Å². The Bertz CT molecular complexity index is 101. The minimum Gasteiger partial charge on any atom is -0.0950 e. The van der Waals surface area contributed by atoms with Crippen LogP contribution in [0.4, 0.5) is 0 Å². The fourth-order valence-corrected chi connectivity index (χ4v) is 0.982. The van der Waals surface area contributed by atoms with E-state index in [-0.39, 0.29) is 0 Å². The first-order valence-electron chi connectivity index (χ1n) is 3.13.